The number of benzene rings is 2. The summed E-state index contributed by atoms with van der Waals surface area (Å²) in [6.07, 6.45) is 2.75. The van der Waals surface area contributed by atoms with Gasteiger partial charge >= 0.3 is 5.97 Å². The third kappa shape index (κ3) is 5.33. The number of ether oxygens (including phenoxy) is 1. The van der Waals surface area contributed by atoms with E-state index in [9.17, 15) is 9.59 Å². The molecule has 1 amide bonds. The molecule has 1 fully saturated rings. The number of methoxy groups -OCH3 is 1. The van der Waals surface area contributed by atoms with Crippen molar-refractivity contribution in [2.24, 2.45) is 4.99 Å². The highest BCUT2D eigenvalue weighted by Crippen LogP contribution is 2.31. The summed E-state index contributed by atoms with van der Waals surface area (Å²) in [6.45, 7) is 1.09. The van der Waals surface area contributed by atoms with Crippen molar-refractivity contribution in [3.8, 4) is 0 Å². The van der Waals surface area contributed by atoms with Gasteiger partial charge in [-0.3, -0.25) is 14.7 Å². The Kier molecular flexibility index (Phi) is 7.03. The average Bonchev–Trinajstić information content (AvgIpc) is 3.02. The highest BCUT2D eigenvalue weighted by atomic mass is 32.2. The van der Waals surface area contributed by atoms with E-state index in [1.165, 1.54) is 30.5 Å². The Balaban J connectivity index is 1.73. The van der Waals surface area contributed by atoms with Gasteiger partial charge in [0.1, 0.15) is 0 Å². The van der Waals surface area contributed by atoms with Crippen LogP contribution in [0.2, 0.25) is 0 Å². The lowest BCUT2D eigenvalue weighted by atomic mass is 10.1. The number of thioether (sulfide) groups is 1. The van der Waals surface area contributed by atoms with E-state index in [1.807, 2.05) is 48.5 Å². The molecular weight excluding hydrogens is 372 g/mol. The summed E-state index contributed by atoms with van der Waals surface area (Å²) in [6, 6.07) is 20.1. The maximum Gasteiger partial charge on any atom is 0.331 e. The van der Waals surface area contributed by atoms with Crippen molar-refractivity contribution in [3.05, 3.63) is 82.8 Å². The molecule has 0 aromatic heterocycles. The smallest absolute Gasteiger partial charge is 0.331 e. The Morgan fingerprint density at radius 3 is 2.25 bits per heavy atom. The normalized spacial score (nSPS) is 16.8. The second kappa shape index (κ2) is 9.90. The number of hydrogen-bond acceptors (Lipinski definition) is 5. The number of aliphatic imine (C=N–C) groups is 1. The number of rotatable bonds is 7. The van der Waals surface area contributed by atoms with E-state index in [0.29, 0.717) is 23.2 Å². The lowest BCUT2D eigenvalue weighted by Crippen LogP contribution is -2.31. The zero-order valence-electron chi connectivity index (χ0n) is 15.7. The number of esters is 1. The van der Waals surface area contributed by atoms with Gasteiger partial charge in [-0.15, -0.1) is 0 Å². The van der Waals surface area contributed by atoms with Crippen LogP contribution >= 0.6 is 11.8 Å². The first kappa shape index (κ1) is 19.9. The molecule has 0 aliphatic carbocycles. The number of amidine groups is 1. The zero-order chi connectivity index (χ0) is 19.8. The fourth-order valence-corrected chi connectivity index (χ4v) is 3.79. The van der Waals surface area contributed by atoms with Gasteiger partial charge in [0.25, 0.3) is 5.91 Å². The molecule has 0 radical (unpaired) electrons. The van der Waals surface area contributed by atoms with Crippen molar-refractivity contribution in [3.63, 3.8) is 0 Å². The summed E-state index contributed by atoms with van der Waals surface area (Å²) in [5, 5.41) is 0.631. The predicted octanol–water partition coefficient (Wildman–Crippen LogP) is 3.46. The first-order chi connectivity index (χ1) is 13.7. The van der Waals surface area contributed by atoms with Crippen LogP contribution in [-0.2, 0) is 27.2 Å². The van der Waals surface area contributed by atoms with E-state index in [0.717, 1.165) is 18.4 Å². The van der Waals surface area contributed by atoms with Gasteiger partial charge in [-0.05, 0) is 35.7 Å². The van der Waals surface area contributed by atoms with Gasteiger partial charge < -0.3 is 4.74 Å². The molecule has 2 aromatic rings. The number of amides is 1. The Morgan fingerprint density at radius 2 is 1.64 bits per heavy atom. The Bertz CT molecular complexity index is 879. The molecular formula is C22H22N2O3S. The first-order valence-electron chi connectivity index (χ1n) is 9.09. The summed E-state index contributed by atoms with van der Waals surface area (Å²) < 4.78 is 4.66. The van der Waals surface area contributed by atoms with Crippen molar-refractivity contribution < 1.29 is 14.3 Å². The third-order valence-electron chi connectivity index (χ3n) is 4.30. The standard InChI is InChI=1S/C22H22N2O3S/c1-27-20(25)16-19-21(26)24(15-13-18-10-6-3-7-11-18)22(28-19)23-14-12-17-8-4-2-5-9-17/h2-11,16H,12-15H2,1H3. The molecule has 6 heteroatoms. The van der Waals surface area contributed by atoms with Crippen molar-refractivity contribution >= 4 is 28.8 Å². The molecule has 2 aromatic carbocycles. The van der Waals surface area contributed by atoms with Gasteiger partial charge in [0.2, 0.25) is 0 Å². The monoisotopic (exact) mass is 394 g/mol. The van der Waals surface area contributed by atoms with Gasteiger partial charge in [-0.25, -0.2) is 4.79 Å². The lowest BCUT2D eigenvalue weighted by molar-refractivity contribution is -0.135. The summed E-state index contributed by atoms with van der Waals surface area (Å²) in [4.78, 5) is 31.0. The molecule has 0 N–H and O–H groups in total. The summed E-state index contributed by atoms with van der Waals surface area (Å²) in [7, 11) is 1.30. The van der Waals surface area contributed by atoms with Crippen LogP contribution in [0, 0.1) is 0 Å². The second-order valence-electron chi connectivity index (χ2n) is 6.23. The van der Waals surface area contributed by atoms with E-state index in [4.69, 9.17) is 0 Å². The Morgan fingerprint density at radius 1 is 1.04 bits per heavy atom. The molecule has 0 bridgehead atoms. The second-order valence-corrected chi connectivity index (χ2v) is 7.24. The van der Waals surface area contributed by atoms with Crippen LogP contribution in [0.1, 0.15) is 11.1 Å². The molecule has 1 aliphatic rings. The van der Waals surface area contributed by atoms with Crippen LogP contribution in [0.4, 0.5) is 0 Å². The zero-order valence-corrected chi connectivity index (χ0v) is 16.5. The van der Waals surface area contributed by atoms with E-state index >= 15 is 0 Å². The van der Waals surface area contributed by atoms with E-state index in [-0.39, 0.29) is 5.91 Å². The van der Waals surface area contributed by atoms with Gasteiger partial charge in [0.15, 0.2) is 5.17 Å². The fourth-order valence-electron chi connectivity index (χ4n) is 2.80. The Labute approximate surface area is 169 Å². The molecule has 0 spiro atoms. The molecule has 1 saturated heterocycles. The molecule has 1 heterocycles. The van der Waals surface area contributed by atoms with Crippen molar-refractivity contribution in [1.82, 2.24) is 4.90 Å². The maximum absolute atomic E-state index is 12.8. The van der Waals surface area contributed by atoms with Crippen LogP contribution in [0.15, 0.2) is 76.6 Å². The minimum atomic E-state index is -0.538. The first-order valence-corrected chi connectivity index (χ1v) is 9.90. The summed E-state index contributed by atoms with van der Waals surface area (Å²) in [5.74, 6) is -0.741. The average molecular weight is 394 g/mol. The molecule has 5 nitrogen and oxygen atoms in total. The van der Waals surface area contributed by atoms with E-state index in [2.05, 4.69) is 21.9 Å². The molecule has 3 rings (SSSR count). The maximum atomic E-state index is 12.8. The quantitative estimate of drug-likeness (QED) is 0.533. The SMILES string of the molecule is COC(=O)C=C1SC(=NCCc2ccccc2)N(CCc2ccccc2)C1=O. The fraction of sp³-hybridized carbons (Fsp3) is 0.227. The molecule has 0 saturated carbocycles. The van der Waals surface area contributed by atoms with Crippen molar-refractivity contribution in [2.75, 3.05) is 20.2 Å². The van der Waals surface area contributed by atoms with Gasteiger partial charge in [0, 0.05) is 19.2 Å². The lowest BCUT2D eigenvalue weighted by Gasteiger charge is -2.15. The van der Waals surface area contributed by atoms with Crippen LogP contribution in [0.5, 0.6) is 0 Å². The number of carbonyl (C=O) groups is 2. The van der Waals surface area contributed by atoms with Crippen molar-refractivity contribution in [2.45, 2.75) is 12.8 Å². The number of carbonyl (C=O) groups excluding carboxylic acids is 2. The van der Waals surface area contributed by atoms with Crippen molar-refractivity contribution in [1.29, 1.82) is 0 Å². The molecule has 0 unspecified atom stereocenters. The largest absolute Gasteiger partial charge is 0.466 e. The third-order valence-corrected chi connectivity index (χ3v) is 5.34. The minimum Gasteiger partial charge on any atom is -0.466 e. The highest BCUT2D eigenvalue weighted by Gasteiger charge is 2.33. The van der Waals surface area contributed by atoms with Crippen LogP contribution in [-0.4, -0.2) is 42.1 Å². The topological polar surface area (TPSA) is 59.0 Å². The van der Waals surface area contributed by atoms with E-state index < -0.39 is 5.97 Å². The van der Waals surface area contributed by atoms with Crippen LogP contribution in [0.3, 0.4) is 0 Å². The Hall–Kier alpha value is -2.86. The minimum absolute atomic E-state index is 0.204. The summed E-state index contributed by atoms with van der Waals surface area (Å²) in [5.41, 5.74) is 2.34. The van der Waals surface area contributed by atoms with Crippen LogP contribution in [0.25, 0.3) is 0 Å². The van der Waals surface area contributed by atoms with Gasteiger partial charge in [0.05, 0.1) is 12.0 Å². The molecule has 0 atom stereocenters. The van der Waals surface area contributed by atoms with E-state index in [1.54, 1.807) is 4.90 Å². The number of hydrogen-bond donors (Lipinski definition) is 0. The van der Waals surface area contributed by atoms with Crippen LogP contribution < -0.4 is 0 Å². The van der Waals surface area contributed by atoms with Gasteiger partial charge in [-0.2, -0.15) is 0 Å². The predicted molar refractivity (Wildman–Crippen MR) is 112 cm³/mol. The molecule has 144 valence electrons. The number of nitrogens with zero attached hydrogens (tertiary/aromatic N) is 2. The van der Waals surface area contributed by atoms with Gasteiger partial charge in [-0.1, -0.05) is 60.7 Å². The molecule has 28 heavy (non-hydrogen) atoms. The highest BCUT2D eigenvalue weighted by molar-refractivity contribution is 8.18. The molecule has 1 aliphatic heterocycles. The summed E-state index contributed by atoms with van der Waals surface area (Å²) >= 11 is 1.23.